The van der Waals surface area contributed by atoms with Crippen LogP contribution in [0.15, 0.2) is 10.2 Å². The summed E-state index contributed by atoms with van der Waals surface area (Å²) in [6.45, 7) is 0. The van der Waals surface area contributed by atoms with Crippen molar-refractivity contribution >= 4 is 24.3 Å². The van der Waals surface area contributed by atoms with Crippen molar-refractivity contribution in [2.45, 2.75) is 0 Å². The van der Waals surface area contributed by atoms with Crippen LogP contribution in [0.25, 0.3) is 0 Å². The SMILES string of the molecule is CN(/N=C/C=N/N(C)C(=N)N)C(=N)N. The Kier molecular flexibility index (Phi) is 4.68. The van der Waals surface area contributed by atoms with Crippen LogP contribution in [-0.4, -0.2) is 48.5 Å². The third-order valence-corrected chi connectivity index (χ3v) is 1.24. The first-order chi connectivity index (χ1) is 6.45. The van der Waals surface area contributed by atoms with Crippen molar-refractivity contribution in [1.29, 1.82) is 10.8 Å². The van der Waals surface area contributed by atoms with Gasteiger partial charge >= 0.3 is 0 Å². The van der Waals surface area contributed by atoms with Crippen LogP contribution in [0.1, 0.15) is 0 Å². The van der Waals surface area contributed by atoms with Crippen molar-refractivity contribution in [3.63, 3.8) is 0 Å². The summed E-state index contributed by atoms with van der Waals surface area (Å²) in [6.07, 6.45) is 2.67. The second kappa shape index (κ2) is 5.51. The summed E-state index contributed by atoms with van der Waals surface area (Å²) in [5.41, 5.74) is 10.2. The Balaban J connectivity index is 4.04. The molecule has 0 radical (unpaired) electrons. The number of hydrogen-bond acceptors (Lipinski definition) is 4. The van der Waals surface area contributed by atoms with Crippen LogP contribution >= 0.6 is 0 Å². The van der Waals surface area contributed by atoms with Gasteiger partial charge in [0.25, 0.3) is 0 Å². The summed E-state index contributed by atoms with van der Waals surface area (Å²) < 4.78 is 0. The van der Waals surface area contributed by atoms with Crippen molar-refractivity contribution in [3.05, 3.63) is 0 Å². The van der Waals surface area contributed by atoms with E-state index in [1.165, 1.54) is 36.5 Å². The van der Waals surface area contributed by atoms with Gasteiger partial charge in [-0.1, -0.05) is 0 Å². The van der Waals surface area contributed by atoms with Gasteiger partial charge in [0, 0.05) is 14.1 Å². The van der Waals surface area contributed by atoms with Gasteiger partial charge in [0.05, 0.1) is 12.4 Å². The lowest BCUT2D eigenvalue weighted by atomic mass is 10.8. The Morgan fingerprint density at radius 1 is 1.00 bits per heavy atom. The van der Waals surface area contributed by atoms with Gasteiger partial charge < -0.3 is 11.5 Å². The average molecular weight is 198 g/mol. The van der Waals surface area contributed by atoms with Gasteiger partial charge in [-0.3, -0.25) is 10.8 Å². The van der Waals surface area contributed by atoms with Gasteiger partial charge in [-0.05, 0) is 0 Å². The molecule has 0 unspecified atom stereocenters. The first kappa shape index (κ1) is 11.9. The van der Waals surface area contributed by atoms with E-state index in [4.69, 9.17) is 22.3 Å². The fourth-order valence-electron chi connectivity index (χ4n) is 0.384. The molecular formula is C6H14N8. The van der Waals surface area contributed by atoms with Crippen LogP contribution in [0.3, 0.4) is 0 Å². The van der Waals surface area contributed by atoms with E-state index in [-0.39, 0.29) is 11.9 Å². The van der Waals surface area contributed by atoms with Crippen LogP contribution in [0.2, 0.25) is 0 Å². The lowest BCUT2D eigenvalue weighted by Crippen LogP contribution is -2.29. The molecule has 0 amide bonds. The first-order valence-electron chi connectivity index (χ1n) is 3.67. The highest BCUT2D eigenvalue weighted by molar-refractivity contribution is 6.16. The Labute approximate surface area is 81.9 Å². The second-order valence-electron chi connectivity index (χ2n) is 2.35. The number of nitrogens with two attached hydrogens (primary N) is 2. The first-order valence-corrected chi connectivity index (χ1v) is 3.67. The lowest BCUT2D eigenvalue weighted by molar-refractivity contribution is 0.532. The number of rotatable bonds is 3. The predicted molar refractivity (Wildman–Crippen MR) is 56.3 cm³/mol. The molecule has 0 fully saturated rings. The molecule has 0 bridgehead atoms. The fourth-order valence-corrected chi connectivity index (χ4v) is 0.384. The normalized spacial score (nSPS) is 10.7. The van der Waals surface area contributed by atoms with E-state index in [9.17, 15) is 0 Å². The van der Waals surface area contributed by atoms with Crippen LogP contribution in [0.4, 0.5) is 0 Å². The van der Waals surface area contributed by atoms with Crippen LogP contribution in [0.5, 0.6) is 0 Å². The van der Waals surface area contributed by atoms with Gasteiger partial charge in [0.15, 0.2) is 0 Å². The standard InChI is InChI=1S/C6H14N8/c1-13(5(7)8)11-3-4-12-14(2)6(9)10/h3-4H,1-2H3,(H3,7,8)(H3,9,10)/b11-3+,12-4+. The molecule has 8 heteroatoms. The van der Waals surface area contributed by atoms with Gasteiger partial charge in [0.2, 0.25) is 11.9 Å². The summed E-state index contributed by atoms with van der Waals surface area (Å²) in [4.78, 5) is 0. The highest BCUT2D eigenvalue weighted by Crippen LogP contribution is 1.79. The molecule has 0 rings (SSSR count). The average Bonchev–Trinajstić information content (AvgIpc) is 2.11. The van der Waals surface area contributed by atoms with Crippen molar-refractivity contribution in [2.75, 3.05) is 14.1 Å². The van der Waals surface area contributed by atoms with E-state index in [0.717, 1.165) is 0 Å². The zero-order valence-electron chi connectivity index (χ0n) is 8.10. The van der Waals surface area contributed by atoms with E-state index in [2.05, 4.69) is 10.2 Å². The highest BCUT2D eigenvalue weighted by atomic mass is 15.5. The smallest absolute Gasteiger partial charge is 0.208 e. The largest absolute Gasteiger partial charge is 0.369 e. The summed E-state index contributed by atoms with van der Waals surface area (Å²) in [7, 11) is 3.06. The van der Waals surface area contributed by atoms with Crippen LogP contribution < -0.4 is 11.5 Å². The van der Waals surface area contributed by atoms with E-state index in [1.54, 1.807) is 0 Å². The molecule has 0 aromatic heterocycles. The van der Waals surface area contributed by atoms with E-state index in [0.29, 0.717) is 0 Å². The van der Waals surface area contributed by atoms with Crippen molar-refractivity contribution in [3.8, 4) is 0 Å². The van der Waals surface area contributed by atoms with Gasteiger partial charge in [-0.2, -0.15) is 10.2 Å². The Morgan fingerprint density at radius 3 is 1.50 bits per heavy atom. The van der Waals surface area contributed by atoms with Crippen LogP contribution in [-0.2, 0) is 0 Å². The van der Waals surface area contributed by atoms with Crippen molar-refractivity contribution in [2.24, 2.45) is 21.7 Å². The molecule has 0 aliphatic rings. The van der Waals surface area contributed by atoms with Crippen molar-refractivity contribution in [1.82, 2.24) is 10.0 Å². The monoisotopic (exact) mass is 198 g/mol. The quantitative estimate of drug-likeness (QED) is 0.252. The molecule has 0 aliphatic carbocycles. The molecule has 0 spiro atoms. The van der Waals surface area contributed by atoms with E-state index in [1.807, 2.05) is 0 Å². The third-order valence-electron chi connectivity index (χ3n) is 1.24. The Bertz CT molecular complexity index is 239. The lowest BCUT2D eigenvalue weighted by Gasteiger charge is -2.08. The van der Waals surface area contributed by atoms with Crippen molar-refractivity contribution < 1.29 is 0 Å². The summed E-state index contributed by atoms with van der Waals surface area (Å²) in [5.74, 6) is -0.343. The number of nitrogens with one attached hydrogen (secondary N) is 2. The molecule has 0 aliphatic heterocycles. The van der Waals surface area contributed by atoms with Gasteiger partial charge in [-0.15, -0.1) is 0 Å². The number of hydrogen-bond donors (Lipinski definition) is 4. The van der Waals surface area contributed by atoms with Gasteiger partial charge in [-0.25, -0.2) is 10.0 Å². The maximum atomic E-state index is 6.97. The maximum absolute atomic E-state index is 6.97. The molecule has 0 saturated carbocycles. The predicted octanol–water partition coefficient (Wildman–Crippen LogP) is -1.39. The zero-order valence-corrected chi connectivity index (χ0v) is 8.10. The minimum atomic E-state index is -0.172. The minimum Gasteiger partial charge on any atom is -0.369 e. The fraction of sp³-hybridized carbons (Fsp3) is 0.333. The number of guanidine groups is 2. The molecule has 0 aromatic carbocycles. The Hall–Kier alpha value is -2.12. The number of hydrazone groups is 2. The molecule has 14 heavy (non-hydrogen) atoms. The molecular weight excluding hydrogens is 184 g/mol. The van der Waals surface area contributed by atoms with Crippen LogP contribution in [0, 0.1) is 10.8 Å². The number of nitrogens with zero attached hydrogens (tertiary/aromatic N) is 4. The molecule has 0 saturated heterocycles. The molecule has 6 N–H and O–H groups in total. The summed E-state index contributed by atoms with van der Waals surface area (Å²) >= 11 is 0. The molecule has 0 atom stereocenters. The van der Waals surface area contributed by atoms with E-state index >= 15 is 0 Å². The highest BCUT2D eigenvalue weighted by Gasteiger charge is 1.93. The minimum absolute atomic E-state index is 0.172. The topological polar surface area (TPSA) is 131 Å². The Morgan fingerprint density at radius 2 is 1.29 bits per heavy atom. The van der Waals surface area contributed by atoms with Gasteiger partial charge in [0.1, 0.15) is 0 Å². The molecule has 0 heterocycles. The molecule has 8 nitrogen and oxygen atoms in total. The van der Waals surface area contributed by atoms with E-state index < -0.39 is 0 Å². The third kappa shape index (κ3) is 4.70. The maximum Gasteiger partial charge on any atom is 0.208 e. The second-order valence-corrected chi connectivity index (χ2v) is 2.35. The molecule has 78 valence electrons. The zero-order chi connectivity index (χ0) is 11.1. The summed E-state index contributed by atoms with van der Waals surface area (Å²) in [5, 5.41) is 23.7. The molecule has 0 aromatic rings. The summed E-state index contributed by atoms with van der Waals surface area (Å²) in [6, 6.07) is 0.